The van der Waals surface area contributed by atoms with Gasteiger partial charge in [-0.1, -0.05) is 46.4 Å². The highest BCUT2D eigenvalue weighted by atomic mass is 16.1. The highest BCUT2D eigenvalue weighted by Crippen LogP contribution is 2.10. The number of hydrogen-bond acceptors (Lipinski definition) is 1. The predicted octanol–water partition coefficient (Wildman–Crippen LogP) is 4.46. The van der Waals surface area contributed by atoms with Crippen LogP contribution >= 0.6 is 0 Å². The number of allylic oxidation sites excluding steroid dienone is 1. The number of rotatable bonds is 1. The van der Waals surface area contributed by atoms with Crippen LogP contribution in [0.25, 0.3) is 16.5 Å². The average Bonchev–Trinajstić information content (AvgIpc) is 2.43. The minimum absolute atomic E-state index is 0. The van der Waals surface area contributed by atoms with Gasteiger partial charge in [0.15, 0.2) is 5.43 Å². The normalized spacial score (nSPS) is 8.28. The molecule has 1 aromatic heterocycles. The summed E-state index contributed by atoms with van der Waals surface area (Å²) in [5.74, 6) is 0. The molecule has 0 spiro atoms. The summed E-state index contributed by atoms with van der Waals surface area (Å²) in [6, 6.07) is 10.5. The van der Waals surface area contributed by atoms with Gasteiger partial charge in [0.1, 0.15) is 0 Å². The SMILES string of the molecule is C=C(C)c1cc(=O)c2cc#ccc2[nH]1.CC.CC.[HH]. The summed E-state index contributed by atoms with van der Waals surface area (Å²) in [7, 11) is 0. The van der Waals surface area contributed by atoms with E-state index in [4.69, 9.17) is 0 Å². The van der Waals surface area contributed by atoms with E-state index in [-0.39, 0.29) is 6.86 Å². The Morgan fingerprint density at radius 3 is 2.33 bits per heavy atom. The fourth-order valence-electron chi connectivity index (χ4n) is 1.31. The summed E-state index contributed by atoms with van der Waals surface area (Å²) >= 11 is 0. The van der Waals surface area contributed by atoms with Crippen molar-refractivity contribution in [2.75, 3.05) is 0 Å². The third-order valence-corrected chi connectivity index (χ3v) is 2.08. The molecule has 2 aromatic rings. The van der Waals surface area contributed by atoms with Gasteiger partial charge in [-0.05, 0) is 12.5 Å². The molecule has 1 N–H and O–H groups in total. The van der Waals surface area contributed by atoms with Gasteiger partial charge in [0.25, 0.3) is 0 Å². The number of hydrogen-bond donors (Lipinski definition) is 1. The van der Waals surface area contributed by atoms with Crippen molar-refractivity contribution < 1.29 is 1.43 Å². The van der Waals surface area contributed by atoms with Crippen molar-refractivity contribution in [2.45, 2.75) is 34.6 Å². The van der Waals surface area contributed by atoms with Crippen molar-refractivity contribution in [3.63, 3.8) is 0 Å². The number of fused-ring (bicyclic) bond motifs is 1. The molecule has 0 bridgehead atoms. The first-order valence-electron chi connectivity index (χ1n) is 6.29. The van der Waals surface area contributed by atoms with Crippen LogP contribution in [0.2, 0.25) is 0 Å². The first-order valence-corrected chi connectivity index (χ1v) is 6.29. The van der Waals surface area contributed by atoms with Crippen LogP contribution in [0.3, 0.4) is 0 Å². The summed E-state index contributed by atoms with van der Waals surface area (Å²) < 4.78 is 0. The van der Waals surface area contributed by atoms with E-state index in [1.807, 2.05) is 34.6 Å². The van der Waals surface area contributed by atoms with Crippen molar-refractivity contribution in [1.29, 1.82) is 0 Å². The van der Waals surface area contributed by atoms with Crippen molar-refractivity contribution in [3.05, 3.63) is 52.8 Å². The summed E-state index contributed by atoms with van der Waals surface area (Å²) in [5.41, 5.74) is 2.37. The minimum Gasteiger partial charge on any atom is -0.354 e. The predicted molar refractivity (Wildman–Crippen MR) is 81.8 cm³/mol. The minimum atomic E-state index is -0.0120. The second kappa shape index (κ2) is 8.14. The maximum Gasteiger partial charge on any atom is 0.190 e. The summed E-state index contributed by atoms with van der Waals surface area (Å²) in [6.07, 6.45) is 0. The molecule has 0 aliphatic heterocycles. The molecule has 1 aromatic carbocycles. The van der Waals surface area contributed by atoms with Crippen LogP contribution < -0.4 is 5.43 Å². The molecule has 0 unspecified atom stereocenters. The number of aromatic amines is 1. The quantitative estimate of drug-likeness (QED) is 0.790. The zero-order chi connectivity index (χ0) is 14.1. The monoisotopic (exact) mass is 245 g/mol. The smallest absolute Gasteiger partial charge is 0.190 e. The van der Waals surface area contributed by atoms with Crippen LogP contribution in [-0.2, 0) is 0 Å². The molecule has 2 nitrogen and oxygen atoms in total. The van der Waals surface area contributed by atoms with Gasteiger partial charge in [-0.15, -0.1) is 0 Å². The lowest BCUT2D eigenvalue weighted by atomic mass is 10.1. The van der Waals surface area contributed by atoms with Crippen molar-refractivity contribution >= 4 is 16.5 Å². The van der Waals surface area contributed by atoms with Gasteiger partial charge in [0.05, 0.1) is 10.9 Å². The van der Waals surface area contributed by atoms with E-state index in [1.54, 1.807) is 18.2 Å². The Kier molecular flexibility index (Phi) is 7.23. The second-order valence-electron chi connectivity index (χ2n) is 3.23. The van der Waals surface area contributed by atoms with Crippen LogP contribution in [0.4, 0.5) is 0 Å². The van der Waals surface area contributed by atoms with Crippen LogP contribution in [0.15, 0.2) is 29.6 Å². The molecule has 0 atom stereocenters. The van der Waals surface area contributed by atoms with E-state index in [9.17, 15) is 4.79 Å². The van der Waals surface area contributed by atoms with Crippen LogP contribution in [0.5, 0.6) is 0 Å². The topological polar surface area (TPSA) is 32.9 Å². The Bertz CT molecular complexity index is 558. The zero-order valence-corrected chi connectivity index (χ0v) is 11.8. The molecule has 0 amide bonds. The molecule has 0 aliphatic carbocycles. The molecule has 0 radical (unpaired) electrons. The van der Waals surface area contributed by atoms with Gasteiger partial charge in [-0.3, -0.25) is 4.79 Å². The van der Waals surface area contributed by atoms with Gasteiger partial charge in [0.2, 0.25) is 0 Å². The Labute approximate surface area is 111 Å². The van der Waals surface area contributed by atoms with Gasteiger partial charge in [-0.2, -0.15) is 0 Å². The van der Waals surface area contributed by atoms with E-state index in [0.717, 1.165) is 16.8 Å². The third-order valence-electron chi connectivity index (χ3n) is 2.08. The highest BCUT2D eigenvalue weighted by Gasteiger charge is 2.00. The van der Waals surface area contributed by atoms with Gasteiger partial charge >= 0.3 is 0 Å². The Balaban J connectivity index is 0. The summed E-state index contributed by atoms with van der Waals surface area (Å²) in [5, 5.41) is 0.633. The van der Waals surface area contributed by atoms with E-state index in [0.29, 0.717) is 5.39 Å². The fraction of sp³-hybridized carbons (Fsp3) is 0.312. The molecule has 18 heavy (non-hydrogen) atoms. The van der Waals surface area contributed by atoms with Crippen molar-refractivity contribution in [3.8, 4) is 0 Å². The van der Waals surface area contributed by atoms with Crippen LogP contribution in [0, 0.1) is 12.1 Å². The number of pyridine rings is 1. The van der Waals surface area contributed by atoms with E-state index < -0.39 is 0 Å². The summed E-state index contributed by atoms with van der Waals surface area (Å²) in [6.45, 7) is 13.6. The molecule has 0 saturated heterocycles. The molecule has 0 aliphatic rings. The third kappa shape index (κ3) is 3.78. The van der Waals surface area contributed by atoms with Gasteiger partial charge in [0, 0.05) is 25.3 Å². The highest BCUT2D eigenvalue weighted by molar-refractivity contribution is 5.79. The van der Waals surface area contributed by atoms with Crippen LogP contribution in [-0.4, -0.2) is 4.98 Å². The van der Waals surface area contributed by atoms with E-state index >= 15 is 0 Å². The first kappa shape index (κ1) is 16.0. The lowest BCUT2D eigenvalue weighted by Gasteiger charge is -2.01. The Morgan fingerprint density at radius 2 is 1.78 bits per heavy atom. The molecule has 0 fully saturated rings. The molecular formula is C16H23NO. The number of aromatic nitrogens is 1. The molecule has 2 heteroatoms. The molecule has 98 valence electrons. The lowest BCUT2D eigenvalue weighted by Crippen LogP contribution is -2.03. The van der Waals surface area contributed by atoms with Crippen LogP contribution in [0.1, 0.15) is 41.7 Å². The van der Waals surface area contributed by atoms with Crippen molar-refractivity contribution in [1.82, 2.24) is 4.98 Å². The Morgan fingerprint density at radius 1 is 1.22 bits per heavy atom. The zero-order valence-electron chi connectivity index (χ0n) is 11.8. The lowest BCUT2D eigenvalue weighted by molar-refractivity contribution is 1.32. The number of H-pyrrole nitrogens is 1. The van der Waals surface area contributed by atoms with E-state index in [1.165, 1.54) is 0 Å². The fourth-order valence-corrected chi connectivity index (χ4v) is 1.31. The molecule has 1 heterocycles. The van der Waals surface area contributed by atoms with E-state index in [2.05, 4.69) is 23.7 Å². The molecular weight excluding hydrogens is 222 g/mol. The van der Waals surface area contributed by atoms with Gasteiger partial charge in [-0.25, -0.2) is 0 Å². The molecule has 0 saturated carbocycles. The maximum absolute atomic E-state index is 11.6. The largest absolute Gasteiger partial charge is 0.354 e. The molecule has 2 rings (SSSR count). The van der Waals surface area contributed by atoms with Crippen molar-refractivity contribution in [2.24, 2.45) is 0 Å². The maximum atomic E-state index is 11.6. The summed E-state index contributed by atoms with van der Waals surface area (Å²) in [4.78, 5) is 14.7. The second-order valence-corrected chi connectivity index (χ2v) is 3.23. The number of nitrogens with one attached hydrogen (secondary N) is 1. The van der Waals surface area contributed by atoms with Gasteiger partial charge < -0.3 is 4.98 Å². The first-order chi connectivity index (χ1) is 8.68. The Hall–Kier alpha value is -2.01. The standard InChI is InChI=1S/C12H9NO.2C2H6.H2/c1-8(2)11-7-12(14)9-5-3-4-6-10(9)13-11;2*1-2;/h5-7H,1H2,2H3,(H,13,14);2*1-2H3;1H. The average molecular weight is 245 g/mol.